The second-order valence-corrected chi connectivity index (χ2v) is 2.45. The molecule has 1 amide bonds. The maximum Gasteiger partial charge on any atom is 0.336 e. The van der Waals surface area contributed by atoms with E-state index >= 15 is 0 Å². The van der Waals surface area contributed by atoms with E-state index in [1.165, 1.54) is 0 Å². The van der Waals surface area contributed by atoms with E-state index in [0.29, 0.717) is 6.07 Å². The van der Waals surface area contributed by atoms with Crippen LogP contribution in [0, 0.1) is 11.6 Å². The first-order chi connectivity index (χ1) is 6.45. The summed E-state index contributed by atoms with van der Waals surface area (Å²) >= 11 is 0. The van der Waals surface area contributed by atoms with Crippen LogP contribution in [0.1, 0.15) is 20.7 Å². The maximum atomic E-state index is 12.9. The van der Waals surface area contributed by atoms with Crippen molar-refractivity contribution in [2.24, 2.45) is 5.73 Å². The lowest BCUT2D eigenvalue weighted by Crippen LogP contribution is -2.19. The minimum Gasteiger partial charge on any atom is -0.478 e. The molecular weight excluding hydrogens is 210 g/mol. The fourth-order valence-electron chi connectivity index (χ4n) is 0.970. The van der Waals surface area contributed by atoms with E-state index in [-0.39, 0.29) is 6.15 Å². The van der Waals surface area contributed by atoms with Crippen LogP contribution in [0.3, 0.4) is 0 Å². The molecule has 7 heteroatoms. The number of aromatic carboxylic acids is 1. The predicted molar refractivity (Wildman–Crippen MR) is 46.9 cm³/mol. The SMILES string of the molecule is N.NC(=O)c1c(C(=O)O)ccc(F)c1F. The van der Waals surface area contributed by atoms with Gasteiger partial charge in [-0.2, -0.15) is 0 Å². The lowest BCUT2D eigenvalue weighted by molar-refractivity contribution is 0.0691. The molecule has 0 aromatic heterocycles. The van der Waals surface area contributed by atoms with Gasteiger partial charge in [0, 0.05) is 0 Å². The van der Waals surface area contributed by atoms with E-state index in [2.05, 4.69) is 0 Å². The Morgan fingerprint density at radius 3 is 2.20 bits per heavy atom. The Balaban J connectivity index is 0.00000196. The topological polar surface area (TPSA) is 115 Å². The molecule has 0 bridgehead atoms. The molecule has 0 atom stereocenters. The molecule has 82 valence electrons. The van der Waals surface area contributed by atoms with Crippen molar-refractivity contribution in [2.45, 2.75) is 0 Å². The number of primary amides is 1. The van der Waals surface area contributed by atoms with E-state index in [9.17, 15) is 18.4 Å². The van der Waals surface area contributed by atoms with Gasteiger partial charge in [-0.25, -0.2) is 13.6 Å². The van der Waals surface area contributed by atoms with Crippen LogP contribution >= 0.6 is 0 Å². The molecule has 0 fully saturated rings. The number of nitrogens with two attached hydrogens (primary N) is 1. The van der Waals surface area contributed by atoms with Gasteiger partial charge in [-0.1, -0.05) is 0 Å². The smallest absolute Gasteiger partial charge is 0.336 e. The fraction of sp³-hybridized carbons (Fsp3) is 0. The second kappa shape index (κ2) is 4.47. The van der Waals surface area contributed by atoms with Crippen molar-refractivity contribution >= 4 is 11.9 Å². The molecule has 0 radical (unpaired) electrons. The number of carbonyl (C=O) groups excluding carboxylic acids is 1. The summed E-state index contributed by atoms with van der Waals surface area (Å²) in [5.41, 5.74) is 3.11. The lowest BCUT2D eigenvalue weighted by atomic mass is 10.1. The average molecular weight is 218 g/mol. The van der Waals surface area contributed by atoms with Gasteiger partial charge >= 0.3 is 5.97 Å². The first-order valence-electron chi connectivity index (χ1n) is 3.46. The number of halogens is 2. The van der Waals surface area contributed by atoms with Crippen molar-refractivity contribution < 1.29 is 23.5 Å². The second-order valence-electron chi connectivity index (χ2n) is 2.45. The number of hydrogen-bond acceptors (Lipinski definition) is 3. The van der Waals surface area contributed by atoms with Crippen molar-refractivity contribution in [3.63, 3.8) is 0 Å². The highest BCUT2D eigenvalue weighted by Gasteiger charge is 2.21. The van der Waals surface area contributed by atoms with Crippen molar-refractivity contribution in [3.05, 3.63) is 34.9 Å². The summed E-state index contributed by atoms with van der Waals surface area (Å²) in [4.78, 5) is 21.1. The molecule has 0 spiro atoms. The minimum absolute atomic E-state index is 0. The van der Waals surface area contributed by atoms with Gasteiger partial charge in [0.05, 0.1) is 11.1 Å². The van der Waals surface area contributed by atoms with Crippen molar-refractivity contribution in [3.8, 4) is 0 Å². The lowest BCUT2D eigenvalue weighted by Gasteiger charge is -2.03. The monoisotopic (exact) mass is 218 g/mol. The zero-order valence-electron chi connectivity index (χ0n) is 7.46. The van der Waals surface area contributed by atoms with E-state index in [1.54, 1.807) is 0 Å². The van der Waals surface area contributed by atoms with Gasteiger partial charge in [0.1, 0.15) is 0 Å². The number of benzene rings is 1. The minimum atomic E-state index is -1.54. The van der Waals surface area contributed by atoms with Crippen LogP contribution in [0.25, 0.3) is 0 Å². The van der Waals surface area contributed by atoms with Gasteiger partial charge in [0.15, 0.2) is 11.6 Å². The molecule has 15 heavy (non-hydrogen) atoms. The van der Waals surface area contributed by atoms with Crippen LogP contribution in [-0.4, -0.2) is 17.0 Å². The van der Waals surface area contributed by atoms with Crippen molar-refractivity contribution in [1.29, 1.82) is 0 Å². The summed E-state index contributed by atoms with van der Waals surface area (Å²) in [6.07, 6.45) is 0. The highest BCUT2D eigenvalue weighted by Crippen LogP contribution is 2.16. The third kappa shape index (κ3) is 2.26. The first-order valence-corrected chi connectivity index (χ1v) is 3.46. The van der Waals surface area contributed by atoms with Gasteiger partial charge in [-0.15, -0.1) is 0 Å². The number of carboxylic acids is 1. The zero-order chi connectivity index (χ0) is 10.9. The van der Waals surface area contributed by atoms with Crippen LogP contribution in [-0.2, 0) is 0 Å². The normalized spacial score (nSPS) is 9.20. The molecule has 0 aliphatic carbocycles. The Morgan fingerprint density at radius 1 is 1.27 bits per heavy atom. The quantitative estimate of drug-likeness (QED) is 0.684. The van der Waals surface area contributed by atoms with Crippen LogP contribution in [0.5, 0.6) is 0 Å². The van der Waals surface area contributed by atoms with E-state index < -0.39 is 34.6 Å². The molecule has 6 N–H and O–H groups in total. The molecule has 0 heterocycles. The van der Waals surface area contributed by atoms with E-state index in [1.807, 2.05) is 0 Å². The number of amides is 1. The molecule has 1 aromatic carbocycles. The summed E-state index contributed by atoms with van der Waals surface area (Å²) < 4.78 is 25.5. The van der Waals surface area contributed by atoms with Gasteiger partial charge in [0.25, 0.3) is 5.91 Å². The summed E-state index contributed by atoms with van der Waals surface area (Å²) in [6, 6.07) is 1.39. The molecule has 1 rings (SSSR count). The molecule has 0 aliphatic heterocycles. The Labute approximate surface area is 83.1 Å². The molecule has 0 unspecified atom stereocenters. The molecule has 0 aliphatic rings. The van der Waals surface area contributed by atoms with E-state index in [4.69, 9.17) is 10.8 Å². The zero-order valence-corrected chi connectivity index (χ0v) is 7.46. The Kier molecular flexibility index (Phi) is 3.87. The third-order valence-corrected chi connectivity index (χ3v) is 1.57. The largest absolute Gasteiger partial charge is 0.478 e. The summed E-state index contributed by atoms with van der Waals surface area (Å²) in [5.74, 6) is -5.72. The van der Waals surface area contributed by atoms with Gasteiger partial charge in [-0.3, -0.25) is 4.79 Å². The predicted octanol–water partition coefficient (Wildman–Crippen LogP) is 0.924. The summed E-state index contributed by atoms with van der Waals surface area (Å²) in [5, 5.41) is 8.53. The van der Waals surface area contributed by atoms with Gasteiger partial charge in [-0.05, 0) is 12.1 Å². The van der Waals surface area contributed by atoms with Gasteiger partial charge in [0.2, 0.25) is 0 Å². The van der Waals surface area contributed by atoms with E-state index in [0.717, 1.165) is 6.07 Å². The highest BCUT2D eigenvalue weighted by atomic mass is 19.2. The maximum absolute atomic E-state index is 12.9. The first kappa shape index (κ1) is 13.0. The molecule has 5 nitrogen and oxygen atoms in total. The third-order valence-electron chi connectivity index (χ3n) is 1.57. The Bertz CT molecular complexity index is 421. The van der Waals surface area contributed by atoms with Gasteiger partial charge < -0.3 is 17.0 Å². The number of rotatable bonds is 2. The van der Waals surface area contributed by atoms with Crippen LogP contribution in [0.15, 0.2) is 12.1 Å². The Morgan fingerprint density at radius 2 is 1.80 bits per heavy atom. The Hall–Kier alpha value is -2.02. The van der Waals surface area contributed by atoms with Crippen LogP contribution in [0.4, 0.5) is 8.78 Å². The standard InChI is InChI=1S/C8H5F2NO3.H3N/c9-4-2-1-3(8(13)14)5(6(4)10)7(11)12;/h1-2H,(H2,11,12)(H,13,14);1H3. The highest BCUT2D eigenvalue weighted by molar-refractivity contribution is 6.04. The van der Waals surface area contributed by atoms with Crippen molar-refractivity contribution in [2.75, 3.05) is 0 Å². The fourth-order valence-corrected chi connectivity index (χ4v) is 0.970. The summed E-state index contributed by atoms with van der Waals surface area (Å²) in [7, 11) is 0. The average Bonchev–Trinajstić information content (AvgIpc) is 2.08. The number of hydrogen-bond donors (Lipinski definition) is 3. The number of carbonyl (C=O) groups is 2. The molecule has 1 aromatic rings. The number of carboxylic acid groups (broad SMARTS) is 1. The summed E-state index contributed by atoms with van der Waals surface area (Å²) in [6.45, 7) is 0. The van der Waals surface area contributed by atoms with Crippen LogP contribution < -0.4 is 11.9 Å². The molecule has 0 saturated heterocycles. The molecular formula is C8H8F2N2O3. The van der Waals surface area contributed by atoms with Crippen molar-refractivity contribution in [1.82, 2.24) is 6.15 Å². The molecule has 0 saturated carbocycles. The van der Waals surface area contributed by atoms with Crippen LogP contribution in [0.2, 0.25) is 0 Å².